The molecule has 2 N–H and O–H groups in total. The van der Waals surface area contributed by atoms with Gasteiger partial charge in [-0.2, -0.15) is 0 Å². The zero-order valence-electron chi connectivity index (χ0n) is 12.7. The van der Waals surface area contributed by atoms with E-state index in [0.29, 0.717) is 0 Å². The molecule has 0 amide bonds. The maximum Gasteiger partial charge on any atom is 0.133 e. The minimum atomic E-state index is 0.837. The number of thiazole rings is 1. The van der Waals surface area contributed by atoms with Gasteiger partial charge in [0.25, 0.3) is 0 Å². The summed E-state index contributed by atoms with van der Waals surface area (Å²) in [6, 6.07) is 1.98. The van der Waals surface area contributed by atoms with E-state index >= 15 is 0 Å². The average Bonchev–Trinajstić information content (AvgIpc) is 2.99. The SMILES string of the molecule is CCCNc1cc(NCCc2nccs2)nc(CCC)n1. The molecule has 114 valence electrons. The first kappa shape index (κ1) is 15.7. The standard InChI is InChI=1S/C15H23N5S/c1-3-5-12-19-13(16-7-4-2)11-14(20-12)17-8-6-15-18-9-10-21-15/h9-11H,3-8H2,1-2H3,(H2,16,17,19,20). The summed E-state index contributed by atoms with van der Waals surface area (Å²) >= 11 is 1.69. The Kier molecular flexibility index (Phi) is 6.40. The van der Waals surface area contributed by atoms with Gasteiger partial charge in [0.15, 0.2) is 0 Å². The molecule has 0 aliphatic rings. The lowest BCUT2D eigenvalue weighted by Gasteiger charge is -2.10. The number of rotatable bonds is 9. The second kappa shape index (κ2) is 8.56. The Bertz CT molecular complexity index is 527. The minimum absolute atomic E-state index is 0.837. The molecule has 0 aliphatic heterocycles. The fourth-order valence-electron chi connectivity index (χ4n) is 1.94. The highest BCUT2D eigenvalue weighted by molar-refractivity contribution is 7.09. The van der Waals surface area contributed by atoms with Crippen molar-refractivity contribution in [1.29, 1.82) is 0 Å². The smallest absolute Gasteiger partial charge is 0.133 e. The Hall–Kier alpha value is -1.69. The first-order chi connectivity index (χ1) is 10.3. The molecule has 2 rings (SSSR count). The van der Waals surface area contributed by atoms with Gasteiger partial charge in [-0.05, 0) is 12.8 Å². The maximum atomic E-state index is 4.57. The Morgan fingerprint density at radius 1 is 1.00 bits per heavy atom. The van der Waals surface area contributed by atoms with Crippen LogP contribution >= 0.6 is 11.3 Å². The number of hydrogen-bond donors (Lipinski definition) is 2. The van der Waals surface area contributed by atoms with Gasteiger partial charge >= 0.3 is 0 Å². The third-order valence-electron chi connectivity index (χ3n) is 2.93. The summed E-state index contributed by atoms with van der Waals surface area (Å²) in [6.07, 6.45) is 5.80. The molecule has 0 aliphatic carbocycles. The Morgan fingerprint density at radius 2 is 1.76 bits per heavy atom. The molecule has 2 heterocycles. The Labute approximate surface area is 130 Å². The van der Waals surface area contributed by atoms with Crippen LogP contribution in [0.15, 0.2) is 17.6 Å². The second-order valence-corrected chi connectivity index (χ2v) is 5.81. The second-order valence-electron chi connectivity index (χ2n) is 4.83. The van der Waals surface area contributed by atoms with Crippen LogP contribution in [-0.4, -0.2) is 28.0 Å². The predicted octanol–water partition coefficient (Wildman–Crippen LogP) is 3.36. The first-order valence-electron chi connectivity index (χ1n) is 7.56. The van der Waals surface area contributed by atoms with Crippen LogP contribution in [0.25, 0.3) is 0 Å². The third kappa shape index (κ3) is 5.30. The Balaban J connectivity index is 1.97. The monoisotopic (exact) mass is 305 g/mol. The molecule has 0 saturated heterocycles. The molecule has 0 atom stereocenters. The van der Waals surface area contributed by atoms with E-state index in [1.165, 1.54) is 0 Å². The summed E-state index contributed by atoms with van der Waals surface area (Å²) in [5.74, 6) is 2.70. The third-order valence-corrected chi connectivity index (χ3v) is 3.77. The van der Waals surface area contributed by atoms with E-state index in [0.717, 1.165) is 61.2 Å². The van der Waals surface area contributed by atoms with Gasteiger partial charge < -0.3 is 10.6 Å². The van der Waals surface area contributed by atoms with E-state index in [4.69, 9.17) is 0 Å². The van der Waals surface area contributed by atoms with Gasteiger partial charge in [0, 0.05) is 43.6 Å². The fraction of sp³-hybridized carbons (Fsp3) is 0.533. The van der Waals surface area contributed by atoms with Crippen LogP contribution < -0.4 is 10.6 Å². The van der Waals surface area contributed by atoms with Crippen molar-refractivity contribution >= 4 is 23.0 Å². The number of aromatic nitrogens is 3. The Morgan fingerprint density at radius 3 is 2.38 bits per heavy atom. The van der Waals surface area contributed by atoms with Crippen molar-refractivity contribution in [3.8, 4) is 0 Å². The first-order valence-corrected chi connectivity index (χ1v) is 8.43. The average molecular weight is 305 g/mol. The highest BCUT2D eigenvalue weighted by atomic mass is 32.1. The quantitative estimate of drug-likeness (QED) is 0.744. The fourth-order valence-corrected chi connectivity index (χ4v) is 2.56. The van der Waals surface area contributed by atoms with Crippen molar-refractivity contribution in [3.05, 3.63) is 28.5 Å². The number of nitrogens with zero attached hydrogens (tertiary/aromatic N) is 3. The lowest BCUT2D eigenvalue weighted by molar-refractivity contribution is 0.830. The van der Waals surface area contributed by atoms with Crippen molar-refractivity contribution in [1.82, 2.24) is 15.0 Å². The van der Waals surface area contributed by atoms with Crippen molar-refractivity contribution in [2.24, 2.45) is 0 Å². The van der Waals surface area contributed by atoms with Gasteiger partial charge in [0.2, 0.25) is 0 Å². The molecule has 0 radical (unpaired) electrons. The lowest BCUT2D eigenvalue weighted by Crippen LogP contribution is -2.10. The zero-order chi connectivity index (χ0) is 14.9. The number of anilines is 2. The van der Waals surface area contributed by atoms with Crippen molar-refractivity contribution in [2.45, 2.75) is 39.5 Å². The molecule has 0 bridgehead atoms. The summed E-state index contributed by atoms with van der Waals surface area (Å²) in [5, 5.41) is 9.86. The predicted molar refractivity (Wildman–Crippen MR) is 89.1 cm³/mol. The molecule has 5 nitrogen and oxygen atoms in total. The van der Waals surface area contributed by atoms with Crippen molar-refractivity contribution in [3.63, 3.8) is 0 Å². The number of nitrogens with one attached hydrogen (secondary N) is 2. The molecule has 0 spiro atoms. The van der Waals surface area contributed by atoms with Crippen LogP contribution in [0.4, 0.5) is 11.6 Å². The highest BCUT2D eigenvalue weighted by Crippen LogP contribution is 2.13. The molecule has 6 heteroatoms. The summed E-state index contributed by atoms with van der Waals surface area (Å²) < 4.78 is 0. The summed E-state index contributed by atoms with van der Waals surface area (Å²) in [7, 11) is 0. The molecule has 0 aromatic carbocycles. The van der Waals surface area contributed by atoms with Crippen LogP contribution in [-0.2, 0) is 12.8 Å². The van der Waals surface area contributed by atoms with Crippen molar-refractivity contribution < 1.29 is 0 Å². The number of aryl methyl sites for hydroxylation is 1. The molecule has 0 fully saturated rings. The van der Waals surface area contributed by atoms with Crippen LogP contribution in [0, 0.1) is 0 Å². The van der Waals surface area contributed by atoms with E-state index in [-0.39, 0.29) is 0 Å². The van der Waals surface area contributed by atoms with Gasteiger partial charge in [-0.15, -0.1) is 11.3 Å². The van der Waals surface area contributed by atoms with Crippen LogP contribution in [0.2, 0.25) is 0 Å². The van der Waals surface area contributed by atoms with E-state index in [1.54, 1.807) is 11.3 Å². The normalized spacial score (nSPS) is 10.6. The van der Waals surface area contributed by atoms with Gasteiger partial charge in [-0.25, -0.2) is 15.0 Å². The molecule has 0 unspecified atom stereocenters. The van der Waals surface area contributed by atoms with Gasteiger partial charge in [-0.1, -0.05) is 13.8 Å². The maximum absolute atomic E-state index is 4.57. The van der Waals surface area contributed by atoms with Crippen LogP contribution in [0.5, 0.6) is 0 Å². The van der Waals surface area contributed by atoms with Gasteiger partial charge in [0.1, 0.15) is 17.5 Å². The summed E-state index contributed by atoms with van der Waals surface area (Å²) in [6.45, 7) is 6.06. The summed E-state index contributed by atoms with van der Waals surface area (Å²) in [4.78, 5) is 13.4. The molecule has 2 aromatic heterocycles. The molecular formula is C15H23N5S. The lowest BCUT2D eigenvalue weighted by atomic mass is 10.3. The molecule has 2 aromatic rings. The minimum Gasteiger partial charge on any atom is -0.370 e. The molecule has 0 saturated carbocycles. The van der Waals surface area contributed by atoms with Crippen LogP contribution in [0.1, 0.15) is 37.5 Å². The topological polar surface area (TPSA) is 62.7 Å². The van der Waals surface area contributed by atoms with Gasteiger partial charge in [0.05, 0.1) is 5.01 Å². The van der Waals surface area contributed by atoms with E-state index < -0.39 is 0 Å². The molecular weight excluding hydrogens is 282 g/mol. The molecule has 21 heavy (non-hydrogen) atoms. The van der Waals surface area contributed by atoms with Gasteiger partial charge in [-0.3, -0.25) is 0 Å². The van der Waals surface area contributed by atoms with E-state index in [1.807, 2.05) is 17.6 Å². The summed E-state index contributed by atoms with van der Waals surface area (Å²) in [5.41, 5.74) is 0. The van der Waals surface area contributed by atoms with E-state index in [9.17, 15) is 0 Å². The van der Waals surface area contributed by atoms with Crippen LogP contribution in [0.3, 0.4) is 0 Å². The van der Waals surface area contributed by atoms with E-state index in [2.05, 4.69) is 39.4 Å². The number of hydrogen-bond acceptors (Lipinski definition) is 6. The van der Waals surface area contributed by atoms with Crippen molar-refractivity contribution in [2.75, 3.05) is 23.7 Å². The highest BCUT2D eigenvalue weighted by Gasteiger charge is 2.04. The largest absolute Gasteiger partial charge is 0.370 e. The zero-order valence-corrected chi connectivity index (χ0v) is 13.5.